The third-order valence-electron chi connectivity index (χ3n) is 6.29. The van der Waals surface area contributed by atoms with E-state index in [2.05, 4.69) is 44.2 Å². The summed E-state index contributed by atoms with van der Waals surface area (Å²) < 4.78 is 6.56. The first-order valence-corrected chi connectivity index (χ1v) is 12.6. The number of hydrazine groups is 1. The highest BCUT2D eigenvalue weighted by Gasteiger charge is 2.40. The summed E-state index contributed by atoms with van der Waals surface area (Å²) in [6.07, 6.45) is 2.07. The normalized spacial score (nSPS) is 18.7. The molecule has 7 nitrogen and oxygen atoms in total. The Morgan fingerprint density at radius 2 is 1.85 bits per heavy atom. The third-order valence-corrected chi connectivity index (χ3v) is 10.8. The van der Waals surface area contributed by atoms with E-state index in [1.165, 1.54) is 0 Å². The predicted octanol–water partition coefficient (Wildman–Crippen LogP) is 4.04. The summed E-state index contributed by atoms with van der Waals surface area (Å²) in [6.45, 7) is 13.6. The van der Waals surface area contributed by atoms with Crippen molar-refractivity contribution in [1.29, 1.82) is 0 Å². The molecule has 27 heavy (non-hydrogen) atoms. The van der Waals surface area contributed by atoms with E-state index in [0.29, 0.717) is 6.54 Å². The Balaban J connectivity index is 1.75. The summed E-state index contributed by atoms with van der Waals surface area (Å²) in [5.41, 5.74) is 6.13. The SMILES string of the molecule is CN1NCc2cc([N+](=O)[O-])c(N3CCC(O[Si](C)(C)C(C)(C)C)CC3)cc21. The van der Waals surface area contributed by atoms with Gasteiger partial charge in [0.15, 0.2) is 8.32 Å². The molecule has 0 unspecified atom stereocenters. The van der Waals surface area contributed by atoms with E-state index < -0.39 is 8.32 Å². The topological polar surface area (TPSA) is 70.9 Å². The van der Waals surface area contributed by atoms with Crippen molar-refractivity contribution in [2.24, 2.45) is 0 Å². The molecule has 0 amide bonds. The summed E-state index contributed by atoms with van der Waals surface area (Å²) in [5.74, 6) is 0. The maximum Gasteiger partial charge on any atom is 0.293 e. The van der Waals surface area contributed by atoms with Gasteiger partial charge in [0.2, 0.25) is 0 Å². The second-order valence-electron chi connectivity index (χ2n) is 9.19. The lowest BCUT2D eigenvalue weighted by Gasteiger charge is -2.42. The van der Waals surface area contributed by atoms with E-state index in [9.17, 15) is 10.1 Å². The van der Waals surface area contributed by atoms with Gasteiger partial charge in [-0.05, 0) is 42.6 Å². The van der Waals surface area contributed by atoms with Crippen molar-refractivity contribution in [3.8, 4) is 0 Å². The first kappa shape index (κ1) is 20.1. The number of hydrogen-bond acceptors (Lipinski definition) is 6. The minimum absolute atomic E-state index is 0.195. The zero-order chi connectivity index (χ0) is 20.0. The average Bonchev–Trinajstić information content (AvgIpc) is 2.93. The van der Waals surface area contributed by atoms with Crippen molar-refractivity contribution in [1.82, 2.24) is 5.43 Å². The molecule has 0 atom stereocenters. The summed E-state index contributed by atoms with van der Waals surface area (Å²) >= 11 is 0. The van der Waals surface area contributed by atoms with Crippen LogP contribution >= 0.6 is 0 Å². The van der Waals surface area contributed by atoms with Gasteiger partial charge >= 0.3 is 0 Å². The zero-order valence-corrected chi connectivity index (χ0v) is 18.3. The Morgan fingerprint density at radius 1 is 1.22 bits per heavy atom. The maximum absolute atomic E-state index is 11.6. The summed E-state index contributed by atoms with van der Waals surface area (Å²) in [6, 6.07) is 3.68. The van der Waals surface area contributed by atoms with Crippen LogP contribution in [0.25, 0.3) is 0 Å². The number of hydrogen-bond donors (Lipinski definition) is 1. The molecule has 0 aliphatic carbocycles. The Kier molecular flexibility index (Phi) is 5.26. The van der Waals surface area contributed by atoms with Crippen LogP contribution in [-0.2, 0) is 11.0 Å². The molecule has 1 fully saturated rings. The van der Waals surface area contributed by atoms with Crippen LogP contribution < -0.4 is 15.3 Å². The molecule has 2 heterocycles. The number of nitro benzene ring substituents is 1. The van der Waals surface area contributed by atoms with Gasteiger partial charge in [-0.15, -0.1) is 0 Å². The number of rotatable bonds is 4. The lowest BCUT2D eigenvalue weighted by Crippen LogP contribution is -2.47. The Labute approximate surface area is 162 Å². The molecule has 1 N–H and O–H groups in total. The molecular weight excluding hydrogens is 360 g/mol. The predicted molar refractivity (Wildman–Crippen MR) is 112 cm³/mol. The standard InChI is InChI=1S/C19H32N4O3Si/c1-19(2,3)27(5,6)26-15-7-9-22(10-8-15)17-12-16-14(13-20-21(16)4)11-18(17)23(24)25/h11-12,15,20H,7-10,13H2,1-6H3. The van der Waals surface area contributed by atoms with Gasteiger partial charge in [0.1, 0.15) is 5.69 Å². The van der Waals surface area contributed by atoms with Crippen molar-refractivity contribution >= 4 is 25.4 Å². The quantitative estimate of drug-likeness (QED) is 0.474. The highest BCUT2D eigenvalue weighted by atomic mass is 28.4. The van der Waals surface area contributed by atoms with Crippen molar-refractivity contribution in [2.45, 2.75) is 64.4 Å². The smallest absolute Gasteiger partial charge is 0.293 e. The summed E-state index contributed by atoms with van der Waals surface area (Å²) in [7, 11) is 0.158. The number of nitrogens with one attached hydrogen (secondary N) is 1. The molecule has 1 saturated heterocycles. The lowest BCUT2D eigenvalue weighted by molar-refractivity contribution is -0.384. The van der Waals surface area contributed by atoms with E-state index in [0.717, 1.165) is 42.9 Å². The van der Waals surface area contributed by atoms with Gasteiger partial charge in [0.25, 0.3) is 5.69 Å². The Hall–Kier alpha value is -1.64. The van der Waals surface area contributed by atoms with Gasteiger partial charge in [-0.3, -0.25) is 10.1 Å². The second-order valence-corrected chi connectivity index (χ2v) is 13.9. The van der Waals surface area contributed by atoms with Gasteiger partial charge in [-0.2, -0.15) is 0 Å². The van der Waals surface area contributed by atoms with Crippen LogP contribution in [0.3, 0.4) is 0 Å². The van der Waals surface area contributed by atoms with Crippen LogP contribution in [0.15, 0.2) is 12.1 Å². The van der Waals surface area contributed by atoms with Gasteiger partial charge in [0, 0.05) is 38.9 Å². The molecule has 0 spiro atoms. The van der Waals surface area contributed by atoms with Gasteiger partial charge < -0.3 is 14.3 Å². The zero-order valence-electron chi connectivity index (χ0n) is 17.3. The minimum atomic E-state index is -1.79. The first-order chi connectivity index (χ1) is 12.5. The number of nitrogens with zero attached hydrogens (tertiary/aromatic N) is 3. The molecular formula is C19H32N4O3Si. The molecule has 0 bridgehead atoms. The van der Waals surface area contributed by atoms with Crippen LogP contribution in [0, 0.1) is 10.1 Å². The molecule has 3 rings (SSSR count). The van der Waals surface area contributed by atoms with Crippen LogP contribution in [-0.4, -0.2) is 39.5 Å². The van der Waals surface area contributed by atoms with E-state index in [4.69, 9.17) is 4.43 Å². The Bertz CT molecular complexity index is 724. The average molecular weight is 393 g/mol. The first-order valence-electron chi connectivity index (χ1n) is 9.71. The van der Waals surface area contributed by atoms with Crippen molar-refractivity contribution in [3.63, 3.8) is 0 Å². The largest absolute Gasteiger partial charge is 0.414 e. The molecule has 0 saturated carbocycles. The fraction of sp³-hybridized carbons (Fsp3) is 0.684. The molecule has 8 heteroatoms. The molecule has 1 aromatic carbocycles. The third kappa shape index (κ3) is 3.97. The minimum Gasteiger partial charge on any atom is -0.414 e. The van der Waals surface area contributed by atoms with Gasteiger partial charge in [0.05, 0.1) is 10.6 Å². The molecule has 0 aromatic heterocycles. The Morgan fingerprint density at radius 3 is 2.41 bits per heavy atom. The fourth-order valence-electron chi connectivity index (χ4n) is 3.56. The van der Waals surface area contributed by atoms with Crippen LogP contribution in [0.1, 0.15) is 39.2 Å². The molecule has 1 aromatic rings. The lowest BCUT2D eigenvalue weighted by atomic mass is 10.0. The number of fused-ring (bicyclic) bond motifs is 1. The van der Waals surface area contributed by atoms with Crippen LogP contribution in [0.5, 0.6) is 0 Å². The van der Waals surface area contributed by atoms with E-state index >= 15 is 0 Å². The highest BCUT2D eigenvalue weighted by Crippen LogP contribution is 2.40. The number of nitro groups is 1. The molecule has 150 valence electrons. The molecule has 0 radical (unpaired) electrons. The molecule has 2 aliphatic rings. The van der Waals surface area contributed by atoms with Crippen molar-refractivity contribution in [3.05, 3.63) is 27.8 Å². The van der Waals surface area contributed by atoms with Crippen molar-refractivity contribution < 1.29 is 9.35 Å². The summed E-state index contributed by atoms with van der Waals surface area (Å²) in [5, 5.41) is 13.8. The number of piperidine rings is 1. The van der Waals surface area contributed by atoms with Crippen molar-refractivity contribution in [2.75, 3.05) is 30.0 Å². The van der Waals surface area contributed by atoms with E-state index in [1.807, 2.05) is 18.1 Å². The van der Waals surface area contributed by atoms with E-state index in [1.54, 1.807) is 6.07 Å². The van der Waals surface area contributed by atoms with Gasteiger partial charge in [-0.25, -0.2) is 5.43 Å². The number of anilines is 2. The van der Waals surface area contributed by atoms with Crippen LogP contribution in [0.2, 0.25) is 18.1 Å². The maximum atomic E-state index is 11.6. The monoisotopic (exact) mass is 392 g/mol. The van der Waals surface area contributed by atoms with Crippen LogP contribution in [0.4, 0.5) is 17.1 Å². The second kappa shape index (κ2) is 7.07. The highest BCUT2D eigenvalue weighted by molar-refractivity contribution is 6.74. The van der Waals surface area contributed by atoms with Gasteiger partial charge in [-0.1, -0.05) is 20.8 Å². The molecule has 2 aliphatic heterocycles. The summed E-state index contributed by atoms with van der Waals surface area (Å²) in [4.78, 5) is 13.5. The van der Waals surface area contributed by atoms with E-state index in [-0.39, 0.29) is 21.8 Å². The fourth-order valence-corrected chi connectivity index (χ4v) is 4.98. The number of benzene rings is 1.